The first kappa shape index (κ1) is 31.3. The van der Waals surface area contributed by atoms with E-state index in [0.29, 0.717) is 29.8 Å². The first-order chi connectivity index (χ1) is 21.5. The van der Waals surface area contributed by atoms with Crippen molar-refractivity contribution < 1.29 is 14.3 Å². The number of hydrogen-bond acceptors (Lipinski definition) is 5. The number of carbonyl (C=O) groups excluding carboxylic acids is 1. The highest BCUT2D eigenvalue weighted by molar-refractivity contribution is 7.15. The van der Waals surface area contributed by atoms with Crippen LogP contribution in [0.5, 0.6) is 5.75 Å². The zero-order valence-corrected chi connectivity index (χ0v) is 27.7. The van der Waals surface area contributed by atoms with Crippen molar-refractivity contribution in [2.45, 2.75) is 109 Å². The monoisotopic (exact) mass is 614 g/mol. The molecule has 3 aromatic rings. The van der Waals surface area contributed by atoms with Crippen molar-refractivity contribution in [2.24, 2.45) is 11.8 Å². The Hall–Kier alpha value is -2.70. The van der Waals surface area contributed by atoms with Crippen molar-refractivity contribution in [3.8, 4) is 16.2 Å². The quantitative estimate of drug-likeness (QED) is 0.191. The zero-order chi connectivity index (χ0) is 30.5. The molecule has 0 atom stereocenters. The lowest BCUT2D eigenvalue weighted by Gasteiger charge is -2.36. The molecule has 5 nitrogen and oxygen atoms in total. The predicted molar refractivity (Wildman–Crippen MR) is 181 cm³/mol. The summed E-state index contributed by atoms with van der Waals surface area (Å²) in [5, 5.41) is 1.26. The van der Waals surface area contributed by atoms with Crippen LogP contribution in [0.1, 0.15) is 112 Å². The lowest BCUT2D eigenvalue weighted by Crippen LogP contribution is -2.42. The normalized spacial score (nSPS) is 23.8. The third kappa shape index (κ3) is 7.56. The number of hydrogen-bond donors (Lipinski definition) is 0. The number of nitrogens with zero attached hydrogens (tertiary/aromatic N) is 2. The Morgan fingerprint density at radius 2 is 1.73 bits per heavy atom. The molecule has 0 spiro atoms. The number of benzene rings is 2. The number of unbranched alkanes of at least 4 members (excludes halogenated alkanes) is 1. The van der Waals surface area contributed by atoms with Gasteiger partial charge in [0.15, 0.2) is 0 Å². The van der Waals surface area contributed by atoms with Gasteiger partial charge in [0.05, 0.1) is 23.1 Å². The van der Waals surface area contributed by atoms with Crippen molar-refractivity contribution in [3.63, 3.8) is 0 Å². The number of thiazole rings is 1. The number of amides is 1. The maximum Gasteiger partial charge on any atom is 0.230 e. The third-order valence-corrected chi connectivity index (χ3v) is 11.4. The Morgan fingerprint density at radius 1 is 0.955 bits per heavy atom. The van der Waals surface area contributed by atoms with E-state index in [4.69, 9.17) is 14.5 Å². The minimum atomic E-state index is 0.0770. The van der Waals surface area contributed by atoms with Gasteiger partial charge >= 0.3 is 0 Å². The maximum atomic E-state index is 14.3. The number of anilines is 1. The second kappa shape index (κ2) is 14.6. The van der Waals surface area contributed by atoms with Gasteiger partial charge in [-0.25, -0.2) is 4.98 Å². The molecule has 3 saturated carbocycles. The number of carbonyl (C=O) groups is 1. The molecule has 0 aliphatic heterocycles. The maximum absolute atomic E-state index is 14.3. The van der Waals surface area contributed by atoms with Gasteiger partial charge in [-0.1, -0.05) is 37.6 Å². The van der Waals surface area contributed by atoms with Crippen molar-refractivity contribution in [3.05, 3.63) is 64.8 Å². The summed E-state index contributed by atoms with van der Waals surface area (Å²) in [6.07, 6.45) is 15.6. The van der Waals surface area contributed by atoms with Gasteiger partial charge in [-0.2, -0.15) is 0 Å². The van der Waals surface area contributed by atoms with Gasteiger partial charge in [0, 0.05) is 36.9 Å². The van der Waals surface area contributed by atoms with E-state index in [1.54, 1.807) is 7.11 Å². The first-order valence-corrected chi connectivity index (χ1v) is 18.0. The molecule has 1 amide bonds. The first-order valence-electron chi connectivity index (χ1n) is 17.2. The topological polar surface area (TPSA) is 51.7 Å². The van der Waals surface area contributed by atoms with Crippen LogP contribution in [0.4, 0.5) is 5.69 Å². The largest absolute Gasteiger partial charge is 0.496 e. The molecule has 3 aliphatic rings. The molecule has 0 saturated heterocycles. The van der Waals surface area contributed by atoms with Gasteiger partial charge < -0.3 is 14.4 Å². The number of ether oxygens (including phenoxy) is 2. The Kier molecular flexibility index (Phi) is 10.4. The molecular formula is C38H50N2O3S. The highest BCUT2D eigenvalue weighted by Crippen LogP contribution is 2.44. The van der Waals surface area contributed by atoms with Crippen LogP contribution >= 0.6 is 11.3 Å². The average molecular weight is 615 g/mol. The van der Waals surface area contributed by atoms with E-state index in [2.05, 4.69) is 61.2 Å². The van der Waals surface area contributed by atoms with E-state index >= 15 is 0 Å². The Morgan fingerprint density at radius 3 is 2.43 bits per heavy atom. The van der Waals surface area contributed by atoms with Crippen LogP contribution in [0.25, 0.3) is 10.4 Å². The second-order valence-electron chi connectivity index (χ2n) is 13.5. The van der Waals surface area contributed by atoms with Gasteiger partial charge in [-0.3, -0.25) is 4.79 Å². The Labute approximate surface area is 268 Å². The summed E-state index contributed by atoms with van der Waals surface area (Å²) in [5.74, 6) is 3.10. The average Bonchev–Trinajstić information content (AvgIpc) is 3.80. The Balaban J connectivity index is 1.16. The molecule has 44 heavy (non-hydrogen) atoms. The summed E-state index contributed by atoms with van der Waals surface area (Å²) in [5.41, 5.74) is 4.86. The molecule has 3 fully saturated rings. The zero-order valence-electron chi connectivity index (χ0n) is 26.9. The van der Waals surface area contributed by atoms with Gasteiger partial charge in [0.1, 0.15) is 5.75 Å². The number of rotatable bonds is 12. The summed E-state index contributed by atoms with van der Waals surface area (Å²) in [4.78, 5) is 22.4. The lowest BCUT2D eigenvalue weighted by atomic mass is 9.78. The molecular weight excluding hydrogens is 564 g/mol. The van der Waals surface area contributed by atoms with E-state index in [1.807, 2.05) is 17.5 Å². The molecule has 236 valence electrons. The number of aromatic nitrogens is 1. The fourth-order valence-corrected chi connectivity index (χ4v) is 8.36. The summed E-state index contributed by atoms with van der Waals surface area (Å²) >= 11 is 1.82. The molecule has 0 N–H and O–H groups in total. The van der Waals surface area contributed by atoms with Crippen LogP contribution in [0.15, 0.2) is 48.7 Å². The molecule has 2 aromatic carbocycles. The number of methoxy groups -OCH3 is 1. The van der Waals surface area contributed by atoms with E-state index < -0.39 is 0 Å². The van der Waals surface area contributed by atoms with Crippen molar-refractivity contribution in [1.29, 1.82) is 0 Å². The van der Waals surface area contributed by atoms with Crippen LogP contribution in [0, 0.1) is 18.8 Å². The fourth-order valence-electron chi connectivity index (χ4n) is 7.27. The molecule has 0 unspecified atom stereocenters. The summed E-state index contributed by atoms with van der Waals surface area (Å²) in [6.45, 7) is 5.99. The van der Waals surface area contributed by atoms with Crippen LogP contribution in [0.2, 0.25) is 0 Å². The molecule has 1 heterocycles. The SMILES string of the molecule is CCCCOC1CCC(C(=O)N(CC2CCC(c3ccc(OC)c(C)c3)CC2)c2cccc(-c3cnc(C4CC4)s3)c2)CC1. The minimum absolute atomic E-state index is 0.0770. The molecule has 3 aliphatic carbocycles. The Bertz CT molecular complexity index is 1380. The van der Waals surface area contributed by atoms with E-state index in [1.165, 1.54) is 52.3 Å². The van der Waals surface area contributed by atoms with Crippen LogP contribution in [-0.2, 0) is 9.53 Å². The van der Waals surface area contributed by atoms with Gasteiger partial charge in [-0.15, -0.1) is 11.3 Å². The molecule has 6 heteroatoms. The summed E-state index contributed by atoms with van der Waals surface area (Å²) < 4.78 is 11.6. The van der Waals surface area contributed by atoms with E-state index in [9.17, 15) is 4.79 Å². The molecule has 0 radical (unpaired) electrons. The van der Waals surface area contributed by atoms with Crippen molar-refractivity contribution in [1.82, 2.24) is 4.98 Å². The predicted octanol–water partition coefficient (Wildman–Crippen LogP) is 9.69. The summed E-state index contributed by atoms with van der Waals surface area (Å²) in [6, 6.07) is 15.4. The fraction of sp³-hybridized carbons (Fsp3) is 0.579. The van der Waals surface area contributed by atoms with Gasteiger partial charge in [-0.05, 0) is 124 Å². The van der Waals surface area contributed by atoms with Crippen LogP contribution in [0.3, 0.4) is 0 Å². The van der Waals surface area contributed by atoms with Crippen LogP contribution < -0.4 is 9.64 Å². The second-order valence-corrected chi connectivity index (χ2v) is 14.5. The highest BCUT2D eigenvalue weighted by Gasteiger charge is 2.33. The van der Waals surface area contributed by atoms with Gasteiger partial charge in [0.25, 0.3) is 0 Å². The van der Waals surface area contributed by atoms with E-state index in [0.717, 1.165) is 76.0 Å². The number of aryl methyl sites for hydroxylation is 1. The van der Waals surface area contributed by atoms with Gasteiger partial charge in [0.2, 0.25) is 5.91 Å². The van der Waals surface area contributed by atoms with Crippen molar-refractivity contribution >= 4 is 22.9 Å². The highest BCUT2D eigenvalue weighted by atomic mass is 32.1. The van der Waals surface area contributed by atoms with Crippen LogP contribution in [-0.4, -0.2) is 37.3 Å². The van der Waals surface area contributed by atoms with Crippen molar-refractivity contribution in [2.75, 3.05) is 25.2 Å². The molecule has 0 bridgehead atoms. The molecule has 1 aromatic heterocycles. The lowest BCUT2D eigenvalue weighted by molar-refractivity contribution is -0.124. The van der Waals surface area contributed by atoms with E-state index in [-0.39, 0.29) is 5.92 Å². The summed E-state index contributed by atoms with van der Waals surface area (Å²) in [7, 11) is 1.74. The standard InChI is InChI=1S/C38H50N2O3S/c1-4-5-21-43-34-18-15-30(16-19-34)38(41)40(33-8-6-7-32(23-33)36-24-39-37(44-36)29-13-14-29)25-27-9-11-28(12-10-27)31-17-20-35(42-3)26(2)22-31/h6-8,17,20,22-24,27-30,34H,4-5,9-16,18-19,21,25H2,1-3H3. The third-order valence-electron chi connectivity index (χ3n) is 10.2. The minimum Gasteiger partial charge on any atom is -0.496 e. The molecule has 6 rings (SSSR count). The smallest absolute Gasteiger partial charge is 0.230 e.